The van der Waals surface area contributed by atoms with Crippen LogP contribution < -0.4 is 0 Å². The van der Waals surface area contributed by atoms with E-state index in [1.807, 2.05) is 30.3 Å². The Balaban J connectivity index is 1.87. The van der Waals surface area contributed by atoms with Crippen molar-refractivity contribution >= 4 is 8.32 Å². The van der Waals surface area contributed by atoms with Gasteiger partial charge in [0.05, 0.1) is 13.2 Å². The molecule has 0 radical (unpaired) electrons. The van der Waals surface area contributed by atoms with Gasteiger partial charge in [-0.05, 0) is 29.8 Å². The van der Waals surface area contributed by atoms with E-state index in [9.17, 15) is 5.11 Å². The molecule has 0 saturated heterocycles. The first-order valence-corrected chi connectivity index (χ1v) is 11.4. The molecule has 24 heavy (non-hydrogen) atoms. The zero-order chi connectivity index (χ0) is 17.8. The highest BCUT2D eigenvalue weighted by Gasteiger charge is 2.38. The molecule has 0 saturated carbocycles. The molecule has 5 heteroatoms. The van der Waals surface area contributed by atoms with Gasteiger partial charge in [0.25, 0.3) is 0 Å². The number of aliphatic hydroxyl groups excluding tert-OH is 1. The highest BCUT2D eigenvalue weighted by Crippen LogP contribution is 2.36. The van der Waals surface area contributed by atoms with Gasteiger partial charge in [-0.25, -0.2) is 0 Å². The summed E-state index contributed by atoms with van der Waals surface area (Å²) in [6.07, 6.45) is 1.98. The minimum atomic E-state index is -1.87. The van der Waals surface area contributed by atoms with Gasteiger partial charge in [0.1, 0.15) is 12.2 Å². The largest absolute Gasteiger partial charge is 0.414 e. The molecule has 134 valence electrons. The van der Waals surface area contributed by atoms with Crippen LogP contribution in [0.3, 0.4) is 0 Å². The zero-order valence-corrected chi connectivity index (χ0v) is 16.4. The average Bonchev–Trinajstić information content (AvgIpc) is 2.53. The lowest BCUT2D eigenvalue weighted by molar-refractivity contribution is -0.183. The summed E-state index contributed by atoms with van der Waals surface area (Å²) < 4.78 is 17.8. The smallest absolute Gasteiger partial charge is 0.192 e. The van der Waals surface area contributed by atoms with Crippen molar-refractivity contribution in [1.82, 2.24) is 0 Å². The third-order valence-electron chi connectivity index (χ3n) is 4.83. The lowest BCUT2D eigenvalue weighted by Gasteiger charge is -2.38. The van der Waals surface area contributed by atoms with E-state index < -0.39 is 26.8 Å². The number of ether oxygens (including phenoxy) is 2. The Morgan fingerprint density at radius 2 is 1.79 bits per heavy atom. The van der Waals surface area contributed by atoms with Crippen molar-refractivity contribution in [3.63, 3.8) is 0 Å². The SMILES string of the molecule is CC(C)(C)[Si](C)(C)OC[C@H]1O[C@H](OCc2ccccc2)C=C[C@@H]1O. The summed E-state index contributed by atoms with van der Waals surface area (Å²) in [5.74, 6) is 0. The first-order valence-electron chi connectivity index (χ1n) is 8.50. The van der Waals surface area contributed by atoms with Crippen molar-refractivity contribution in [3.05, 3.63) is 48.0 Å². The maximum Gasteiger partial charge on any atom is 0.192 e. The molecule has 0 bridgehead atoms. The van der Waals surface area contributed by atoms with E-state index in [-0.39, 0.29) is 5.04 Å². The molecule has 2 rings (SSSR count). The maximum absolute atomic E-state index is 10.1. The number of aliphatic hydroxyl groups is 1. The van der Waals surface area contributed by atoms with Crippen LogP contribution in [0.25, 0.3) is 0 Å². The molecule has 1 aromatic rings. The maximum atomic E-state index is 10.1. The second kappa shape index (κ2) is 7.93. The van der Waals surface area contributed by atoms with Gasteiger partial charge in [0.2, 0.25) is 0 Å². The first kappa shape index (κ1) is 19.3. The highest BCUT2D eigenvalue weighted by molar-refractivity contribution is 6.74. The number of hydrogen-bond donors (Lipinski definition) is 1. The number of rotatable bonds is 6. The van der Waals surface area contributed by atoms with Crippen molar-refractivity contribution < 1.29 is 19.0 Å². The van der Waals surface area contributed by atoms with Crippen LogP contribution in [0.1, 0.15) is 26.3 Å². The Kier molecular flexibility index (Phi) is 6.39. The van der Waals surface area contributed by atoms with Gasteiger partial charge in [-0.1, -0.05) is 57.2 Å². The molecule has 4 nitrogen and oxygen atoms in total. The van der Waals surface area contributed by atoms with Gasteiger partial charge in [0, 0.05) is 0 Å². The second-order valence-electron chi connectivity index (χ2n) is 7.79. The number of hydrogen-bond acceptors (Lipinski definition) is 4. The summed E-state index contributed by atoms with van der Waals surface area (Å²) in [6.45, 7) is 11.8. The first-order chi connectivity index (χ1) is 11.2. The molecule has 1 aromatic carbocycles. The van der Waals surface area contributed by atoms with Gasteiger partial charge < -0.3 is 19.0 Å². The van der Waals surface area contributed by atoms with Crippen molar-refractivity contribution in [2.45, 2.75) is 64.0 Å². The molecule has 1 aliphatic heterocycles. The predicted molar refractivity (Wildman–Crippen MR) is 98.2 cm³/mol. The molecular formula is C19H30O4Si. The van der Waals surface area contributed by atoms with Crippen LogP contribution >= 0.6 is 0 Å². The Bertz CT molecular complexity index is 536. The summed E-state index contributed by atoms with van der Waals surface area (Å²) in [5, 5.41) is 10.3. The van der Waals surface area contributed by atoms with Gasteiger partial charge in [0.15, 0.2) is 14.6 Å². The van der Waals surface area contributed by atoms with Crippen molar-refractivity contribution in [2.75, 3.05) is 6.61 Å². The van der Waals surface area contributed by atoms with Gasteiger partial charge in [-0.15, -0.1) is 0 Å². The van der Waals surface area contributed by atoms with Crippen LogP contribution in [-0.4, -0.2) is 38.5 Å². The van der Waals surface area contributed by atoms with Crippen LogP contribution in [0.4, 0.5) is 0 Å². The monoisotopic (exact) mass is 350 g/mol. The molecule has 1 N–H and O–H groups in total. The molecule has 0 amide bonds. The quantitative estimate of drug-likeness (QED) is 0.625. The normalized spacial score (nSPS) is 25.0. The molecule has 1 heterocycles. The molecular weight excluding hydrogens is 320 g/mol. The fourth-order valence-corrected chi connectivity index (χ4v) is 3.13. The van der Waals surface area contributed by atoms with E-state index in [1.54, 1.807) is 12.2 Å². The van der Waals surface area contributed by atoms with Gasteiger partial charge in [-0.2, -0.15) is 0 Å². The molecule has 0 spiro atoms. The third-order valence-corrected chi connectivity index (χ3v) is 9.33. The van der Waals surface area contributed by atoms with Crippen molar-refractivity contribution in [2.24, 2.45) is 0 Å². The van der Waals surface area contributed by atoms with Crippen LogP contribution in [0.2, 0.25) is 18.1 Å². The minimum Gasteiger partial charge on any atom is -0.414 e. The van der Waals surface area contributed by atoms with Crippen molar-refractivity contribution in [1.29, 1.82) is 0 Å². The third kappa shape index (κ3) is 5.26. The molecule has 1 aliphatic rings. The summed E-state index contributed by atoms with van der Waals surface area (Å²) in [4.78, 5) is 0. The fourth-order valence-electron chi connectivity index (χ4n) is 2.12. The number of benzene rings is 1. The van der Waals surface area contributed by atoms with Crippen LogP contribution in [-0.2, 0) is 20.5 Å². The van der Waals surface area contributed by atoms with Crippen LogP contribution in [0.5, 0.6) is 0 Å². The molecule has 3 atom stereocenters. The molecule has 0 aliphatic carbocycles. The Hall–Kier alpha value is -0.983. The van der Waals surface area contributed by atoms with Crippen LogP contribution in [0, 0.1) is 0 Å². The molecule has 0 aromatic heterocycles. The summed E-state index contributed by atoms with van der Waals surface area (Å²) in [6, 6.07) is 9.97. The summed E-state index contributed by atoms with van der Waals surface area (Å²) >= 11 is 0. The van der Waals surface area contributed by atoms with Gasteiger partial charge in [-0.3, -0.25) is 0 Å². The van der Waals surface area contributed by atoms with E-state index in [1.165, 1.54) is 0 Å². The predicted octanol–water partition coefficient (Wildman–Crippen LogP) is 3.87. The fraction of sp³-hybridized carbons (Fsp3) is 0.579. The average molecular weight is 351 g/mol. The standard InChI is InChI=1S/C19H30O4Si/c1-19(2,3)24(4,5)22-14-17-16(20)11-12-18(23-17)21-13-15-9-7-6-8-10-15/h6-12,16-18,20H,13-14H2,1-5H3/t16-,17+,18-/m0/s1. The second-order valence-corrected chi connectivity index (χ2v) is 12.6. The van der Waals surface area contributed by atoms with E-state index in [0.717, 1.165) is 5.56 Å². The minimum absolute atomic E-state index is 0.131. The van der Waals surface area contributed by atoms with Crippen LogP contribution in [0.15, 0.2) is 42.5 Å². The lowest BCUT2D eigenvalue weighted by atomic mass is 10.1. The van der Waals surface area contributed by atoms with E-state index in [2.05, 4.69) is 33.9 Å². The van der Waals surface area contributed by atoms with E-state index in [4.69, 9.17) is 13.9 Å². The Labute approximate surface area is 146 Å². The topological polar surface area (TPSA) is 47.9 Å². The Morgan fingerprint density at radius 1 is 1.12 bits per heavy atom. The molecule has 0 fully saturated rings. The van der Waals surface area contributed by atoms with Crippen molar-refractivity contribution in [3.8, 4) is 0 Å². The lowest BCUT2D eigenvalue weighted by Crippen LogP contribution is -2.46. The zero-order valence-electron chi connectivity index (χ0n) is 15.4. The summed E-state index contributed by atoms with van der Waals surface area (Å²) in [5.41, 5.74) is 1.09. The van der Waals surface area contributed by atoms with E-state index in [0.29, 0.717) is 13.2 Å². The molecule has 0 unspecified atom stereocenters. The highest BCUT2D eigenvalue weighted by atomic mass is 28.4. The van der Waals surface area contributed by atoms with Gasteiger partial charge >= 0.3 is 0 Å². The van der Waals surface area contributed by atoms with E-state index >= 15 is 0 Å². The Morgan fingerprint density at radius 3 is 2.42 bits per heavy atom. The summed E-state index contributed by atoms with van der Waals surface area (Å²) in [7, 11) is -1.87.